The quantitative estimate of drug-likeness (QED) is 0.878. The molecule has 6 heteroatoms. The van der Waals surface area contributed by atoms with E-state index in [4.69, 9.17) is 5.73 Å². The Labute approximate surface area is 121 Å². The number of benzene rings is 1. The Bertz CT molecular complexity index is 510. The average Bonchev–Trinajstić information content (AvgIpc) is 3.18. The van der Waals surface area contributed by atoms with E-state index in [1.807, 2.05) is 0 Å². The molecule has 0 bridgehead atoms. The average molecular weight is 300 g/mol. The van der Waals surface area contributed by atoms with Crippen molar-refractivity contribution in [2.45, 2.75) is 44.4 Å². The van der Waals surface area contributed by atoms with Crippen molar-refractivity contribution in [3.63, 3.8) is 0 Å². The number of hydrogen-bond donors (Lipinski definition) is 2. The van der Waals surface area contributed by atoms with E-state index >= 15 is 0 Å². The van der Waals surface area contributed by atoms with E-state index < -0.39 is 11.7 Å². The molecule has 1 aromatic carbocycles. The lowest BCUT2D eigenvalue weighted by Crippen LogP contribution is -2.34. The number of halogens is 3. The Morgan fingerprint density at radius 3 is 2.62 bits per heavy atom. The van der Waals surface area contributed by atoms with Gasteiger partial charge in [-0.2, -0.15) is 13.2 Å². The van der Waals surface area contributed by atoms with Crippen LogP contribution in [0.15, 0.2) is 24.3 Å². The van der Waals surface area contributed by atoms with Crippen LogP contribution in [-0.4, -0.2) is 11.9 Å². The normalized spacial score (nSPS) is 18.1. The maximum absolute atomic E-state index is 12.8. The van der Waals surface area contributed by atoms with Crippen LogP contribution in [0.4, 0.5) is 13.2 Å². The number of carbonyl (C=O) groups excluding carboxylic acids is 1. The van der Waals surface area contributed by atoms with Gasteiger partial charge in [-0.15, -0.1) is 0 Å². The van der Waals surface area contributed by atoms with Crippen LogP contribution < -0.4 is 11.1 Å². The molecule has 1 aliphatic carbocycles. The Kier molecular flexibility index (Phi) is 4.56. The van der Waals surface area contributed by atoms with Crippen LogP contribution in [0.3, 0.4) is 0 Å². The molecule has 0 aliphatic heterocycles. The lowest BCUT2D eigenvalue weighted by Gasteiger charge is -2.20. The van der Waals surface area contributed by atoms with E-state index in [2.05, 4.69) is 5.32 Å². The highest BCUT2D eigenvalue weighted by atomic mass is 19.4. The minimum atomic E-state index is -4.38. The van der Waals surface area contributed by atoms with Crippen molar-refractivity contribution in [1.82, 2.24) is 5.32 Å². The maximum Gasteiger partial charge on any atom is 0.416 e. The van der Waals surface area contributed by atoms with Crippen LogP contribution in [0.2, 0.25) is 0 Å². The number of nitrogens with two attached hydrogens (primary N) is 1. The first-order valence-electron chi connectivity index (χ1n) is 6.99. The second-order valence-electron chi connectivity index (χ2n) is 5.69. The molecule has 0 saturated heterocycles. The molecule has 3 N–H and O–H groups in total. The van der Waals surface area contributed by atoms with Crippen molar-refractivity contribution in [2.75, 3.05) is 0 Å². The number of rotatable bonds is 5. The molecule has 2 atom stereocenters. The summed E-state index contributed by atoms with van der Waals surface area (Å²) in [7, 11) is 0. The molecule has 1 saturated carbocycles. The van der Waals surface area contributed by atoms with Gasteiger partial charge in [0.1, 0.15) is 0 Å². The minimum absolute atomic E-state index is 0.169. The van der Waals surface area contributed by atoms with Gasteiger partial charge in [-0.1, -0.05) is 12.1 Å². The largest absolute Gasteiger partial charge is 0.416 e. The Balaban J connectivity index is 2.17. The van der Waals surface area contributed by atoms with Crippen molar-refractivity contribution >= 4 is 5.91 Å². The topological polar surface area (TPSA) is 55.1 Å². The molecular formula is C15H19F3N2O. The van der Waals surface area contributed by atoms with Gasteiger partial charge in [0.25, 0.3) is 0 Å². The van der Waals surface area contributed by atoms with Crippen molar-refractivity contribution in [3.05, 3.63) is 35.4 Å². The number of amides is 1. The number of alkyl halides is 3. The smallest absolute Gasteiger partial charge is 0.349 e. The first-order valence-corrected chi connectivity index (χ1v) is 6.99. The Hall–Kier alpha value is -1.56. The van der Waals surface area contributed by atoms with Crippen molar-refractivity contribution in [2.24, 2.45) is 11.7 Å². The second-order valence-corrected chi connectivity index (χ2v) is 5.69. The Morgan fingerprint density at radius 2 is 2.10 bits per heavy atom. The summed E-state index contributed by atoms with van der Waals surface area (Å²) in [5.74, 6) is -0.00942. The molecule has 21 heavy (non-hydrogen) atoms. The lowest BCUT2D eigenvalue weighted by molar-refractivity contribution is -0.137. The molecule has 1 amide bonds. The summed E-state index contributed by atoms with van der Waals surface area (Å²) in [5.41, 5.74) is 5.39. The molecule has 1 fully saturated rings. The van der Waals surface area contributed by atoms with Crippen LogP contribution in [0.1, 0.15) is 43.4 Å². The van der Waals surface area contributed by atoms with Gasteiger partial charge in [0.2, 0.25) is 5.91 Å². The van der Waals surface area contributed by atoms with E-state index in [-0.39, 0.29) is 30.3 Å². The highest BCUT2D eigenvalue weighted by Gasteiger charge is 2.36. The zero-order valence-electron chi connectivity index (χ0n) is 11.8. The monoisotopic (exact) mass is 300 g/mol. The Morgan fingerprint density at radius 1 is 1.43 bits per heavy atom. The second kappa shape index (κ2) is 6.05. The predicted molar refractivity (Wildman–Crippen MR) is 73.3 cm³/mol. The zero-order chi connectivity index (χ0) is 15.6. The first-order chi connectivity index (χ1) is 9.77. The summed E-state index contributed by atoms with van der Waals surface area (Å²) in [6.45, 7) is 1.72. The summed E-state index contributed by atoms with van der Waals surface area (Å²) in [4.78, 5) is 11.8. The fraction of sp³-hybridized carbons (Fsp3) is 0.533. The molecule has 3 nitrogen and oxygen atoms in total. The third-order valence-electron chi connectivity index (χ3n) is 3.49. The fourth-order valence-electron chi connectivity index (χ4n) is 2.34. The summed E-state index contributed by atoms with van der Waals surface area (Å²) in [6.07, 6.45) is -2.37. The summed E-state index contributed by atoms with van der Waals surface area (Å²) < 4.78 is 38.3. The van der Waals surface area contributed by atoms with Crippen LogP contribution in [-0.2, 0) is 11.0 Å². The zero-order valence-corrected chi connectivity index (χ0v) is 11.8. The van der Waals surface area contributed by atoms with E-state index in [0.717, 1.165) is 25.0 Å². The van der Waals surface area contributed by atoms with Crippen molar-refractivity contribution < 1.29 is 18.0 Å². The SMILES string of the molecule is CC(N)CC(=O)NC(c1cccc(C(F)(F)F)c1)C1CC1. The van der Waals surface area contributed by atoms with Gasteiger partial charge in [-0.3, -0.25) is 4.79 Å². The van der Waals surface area contributed by atoms with Gasteiger partial charge in [-0.05, 0) is 43.4 Å². The maximum atomic E-state index is 12.8. The van der Waals surface area contributed by atoms with Crippen LogP contribution >= 0.6 is 0 Å². The van der Waals surface area contributed by atoms with Crippen LogP contribution in [0.5, 0.6) is 0 Å². The van der Waals surface area contributed by atoms with Crippen LogP contribution in [0.25, 0.3) is 0 Å². The van der Waals surface area contributed by atoms with E-state index in [1.165, 1.54) is 6.07 Å². The first kappa shape index (κ1) is 15.8. The summed E-state index contributed by atoms with van der Waals surface area (Å²) in [5, 5.41) is 2.82. The summed E-state index contributed by atoms with van der Waals surface area (Å²) in [6, 6.07) is 4.53. The van der Waals surface area contributed by atoms with Gasteiger partial charge in [0.15, 0.2) is 0 Å². The van der Waals surface area contributed by atoms with Gasteiger partial charge in [0, 0.05) is 12.5 Å². The van der Waals surface area contributed by atoms with E-state index in [9.17, 15) is 18.0 Å². The molecule has 0 heterocycles. The molecule has 0 aromatic heterocycles. The highest BCUT2D eigenvalue weighted by Crippen LogP contribution is 2.42. The van der Waals surface area contributed by atoms with Gasteiger partial charge >= 0.3 is 6.18 Å². The molecule has 2 rings (SSSR count). The van der Waals surface area contributed by atoms with Gasteiger partial charge in [0.05, 0.1) is 11.6 Å². The molecular weight excluding hydrogens is 281 g/mol. The predicted octanol–water partition coefficient (Wildman–Crippen LogP) is 3.01. The summed E-state index contributed by atoms with van der Waals surface area (Å²) >= 11 is 0. The molecule has 1 aliphatic rings. The van der Waals surface area contributed by atoms with Gasteiger partial charge in [-0.25, -0.2) is 0 Å². The standard InChI is InChI=1S/C15H19F3N2O/c1-9(19)7-13(21)20-14(10-5-6-10)11-3-2-4-12(8-11)15(16,17)18/h2-4,8-10,14H,5-7,19H2,1H3,(H,20,21). The molecule has 0 spiro atoms. The molecule has 1 aromatic rings. The van der Waals surface area contributed by atoms with Crippen molar-refractivity contribution in [1.29, 1.82) is 0 Å². The fourth-order valence-corrected chi connectivity index (χ4v) is 2.34. The van der Waals surface area contributed by atoms with Gasteiger partial charge < -0.3 is 11.1 Å². The third kappa shape index (κ3) is 4.46. The van der Waals surface area contributed by atoms with Crippen LogP contribution in [0, 0.1) is 5.92 Å². The van der Waals surface area contributed by atoms with E-state index in [1.54, 1.807) is 13.0 Å². The minimum Gasteiger partial charge on any atom is -0.349 e. The highest BCUT2D eigenvalue weighted by molar-refractivity contribution is 5.77. The molecule has 0 radical (unpaired) electrons. The number of nitrogens with one attached hydrogen (secondary N) is 1. The number of carbonyl (C=O) groups is 1. The van der Waals surface area contributed by atoms with E-state index in [0.29, 0.717) is 5.56 Å². The molecule has 2 unspecified atom stereocenters. The third-order valence-corrected chi connectivity index (χ3v) is 3.49. The molecule has 116 valence electrons. The lowest BCUT2D eigenvalue weighted by atomic mass is 9.99. The van der Waals surface area contributed by atoms with Crippen molar-refractivity contribution in [3.8, 4) is 0 Å². The number of hydrogen-bond acceptors (Lipinski definition) is 2.